The van der Waals surface area contributed by atoms with Crippen molar-refractivity contribution in [3.05, 3.63) is 0 Å². The van der Waals surface area contributed by atoms with Gasteiger partial charge >= 0.3 is 5.97 Å². The molecule has 0 spiro atoms. The molecule has 0 bridgehead atoms. The van der Waals surface area contributed by atoms with Crippen molar-refractivity contribution in [2.24, 2.45) is 11.3 Å². The highest BCUT2D eigenvalue weighted by atomic mass is 16.7. The molecule has 1 heterocycles. The predicted molar refractivity (Wildman–Crippen MR) is 190 cm³/mol. The van der Waals surface area contributed by atoms with Gasteiger partial charge in [0.15, 0.2) is 5.79 Å². The average Bonchev–Trinajstić information content (AvgIpc) is 3.02. The summed E-state index contributed by atoms with van der Waals surface area (Å²) < 4.78 is 17.5. The number of rotatable bonds is 24. The molecule has 1 saturated carbocycles. The van der Waals surface area contributed by atoms with E-state index in [1.807, 2.05) is 13.8 Å². The van der Waals surface area contributed by atoms with Gasteiger partial charge in [-0.1, -0.05) is 130 Å². The molecule has 0 aromatic rings. The van der Waals surface area contributed by atoms with E-state index in [-0.39, 0.29) is 48.8 Å². The standard InChI is InChI=1S/C39H72N2O6/c1-7-9-10-11-12-13-14-15-16-17-18-19-20-21-25-31(24-8-2)36(43)41-32-26-22-23-27-33(32)46-34(42)28-29-40-37(44)35-38(3,4)30-45-39(5,6)47-35/h31-33,35H,7-30H2,1-6H3,(H,40,44)(H,41,43)/t31?,32-,33-,35?/m0/s1. The van der Waals surface area contributed by atoms with Crippen LogP contribution < -0.4 is 10.6 Å². The summed E-state index contributed by atoms with van der Waals surface area (Å²) in [6.45, 7) is 12.5. The number of carbonyl (C=O) groups is 3. The number of unbranched alkanes of at least 4 members (excludes halogenated alkanes) is 13. The average molecular weight is 665 g/mol. The zero-order chi connectivity index (χ0) is 34.5. The molecule has 1 saturated heterocycles. The van der Waals surface area contributed by atoms with Gasteiger partial charge in [-0.05, 0) is 46.0 Å². The van der Waals surface area contributed by atoms with Crippen LogP contribution in [0.4, 0.5) is 0 Å². The Morgan fingerprint density at radius 1 is 0.766 bits per heavy atom. The third-order valence-electron chi connectivity index (χ3n) is 10.00. The monoisotopic (exact) mass is 665 g/mol. The fraction of sp³-hybridized carbons (Fsp3) is 0.923. The van der Waals surface area contributed by atoms with Gasteiger partial charge in [-0.2, -0.15) is 0 Å². The molecule has 47 heavy (non-hydrogen) atoms. The van der Waals surface area contributed by atoms with Crippen molar-refractivity contribution >= 4 is 17.8 Å². The number of hydrogen-bond donors (Lipinski definition) is 2. The van der Waals surface area contributed by atoms with Crippen LogP contribution in [0.5, 0.6) is 0 Å². The van der Waals surface area contributed by atoms with E-state index in [0.717, 1.165) is 51.4 Å². The Balaban J connectivity index is 1.66. The summed E-state index contributed by atoms with van der Waals surface area (Å²) in [5.74, 6) is -1.30. The first-order valence-electron chi connectivity index (χ1n) is 19.6. The molecule has 0 aromatic carbocycles. The van der Waals surface area contributed by atoms with E-state index in [2.05, 4.69) is 24.5 Å². The van der Waals surface area contributed by atoms with Crippen molar-refractivity contribution < 1.29 is 28.6 Å². The summed E-state index contributed by atoms with van der Waals surface area (Å²) in [7, 11) is 0. The maximum atomic E-state index is 13.4. The summed E-state index contributed by atoms with van der Waals surface area (Å²) >= 11 is 0. The maximum absolute atomic E-state index is 13.4. The van der Waals surface area contributed by atoms with E-state index in [1.54, 1.807) is 13.8 Å². The first-order chi connectivity index (χ1) is 22.5. The minimum atomic E-state index is -0.834. The fourth-order valence-corrected chi connectivity index (χ4v) is 6.97. The van der Waals surface area contributed by atoms with Crippen LogP contribution in [0.2, 0.25) is 0 Å². The second kappa shape index (κ2) is 22.9. The van der Waals surface area contributed by atoms with Gasteiger partial charge in [0.2, 0.25) is 11.8 Å². The Morgan fingerprint density at radius 2 is 1.34 bits per heavy atom. The van der Waals surface area contributed by atoms with Gasteiger partial charge in [-0.3, -0.25) is 14.4 Å². The van der Waals surface area contributed by atoms with Crippen molar-refractivity contribution in [3.8, 4) is 0 Å². The highest BCUT2D eigenvalue weighted by Crippen LogP contribution is 2.35. The lowest BCUT2D eigenvalue weighted by molar-refractivity contribution is -0.304. The normalized spacial score (nSPS) is 22.7. The zero-order valence-corrected chi connectivity index (χ0v) is 31.2. The minimum Gasteiger partial charge on any atom is -0.460 e. The van der Waals surface area contributed by atoms with Gasteiger partial charge < -0.3 is 24.8 Å². The molecule has 0 aromatic heterocycles. The van der Waals surface area contributed by atoms with Crippen molar-refractivity contribution in [1.29, 1.82) is 0 Å². The molecule has 2 amide bonds. The molecular weight excluding hydrogens is 592 g/mol. The van der Waals surface area contributed by atoms with Crippen molar-refractivity contribution in [2.75, 3.05) is 13.2 Å². The first kappa shape index (κ1) is 41.5. The van der Waals surface area contributed by atoms with Gasteiger partial charge in [0.25, 0.3) is 0 Å². The SMILES string of the molecule is CCCCCCCCCCCCCCCCC(CCC)C(=O)N[C@H]1CCCC[C@@H]1OC(=O)CCNC(=O)C1OC(C)(C)OCC1(C)C. The summed E-state index contributed by atoms with van der Waals surface area (Å²) in [6, 6.07) is -0.149. The number of amides is 2. The maximum Gasteiger partial charge on any atom is 0.307 e. The third-order valence-corrected chi connectivity index (χ3v) is 10.00. The van der Waals surface area contributed by atoms with E-state index in [0.29, 0.717) is 6.61 Å². The third kappa shape index (κ3) is 17.0. The molecule has 274 valence electrons. The van der Waals surface area contributed by atoms with E-state index in [4.69, 9.17) is 14.2 Å². The van der Waals surface area contributed by atoms with Crippen LogP contribution in [0.3, 0.4) is 0 Å². The second-order valence-corrected chi connectivity index (χ2v) is 15.5. The Hall–Kier alpha value is -1.67. The molecule has 2 N–H and O–H groups in total. The van der Waals surface area contributed by atoms with Crippen LogP contribution in [0.25, 0.3) is 0 Å². The van der Waals surface area contributed by atoms with Crippen LogP contribution in [-0.4, -0.2) is 55.0 Å². The van der Waals surface area contributed by atoms with Crippen LogP contribution in [-0.2, 0) is 28.6 Å². The fourth-order valence-electron chi connectivity index (χ4n) is 6.97. The van der Waals surface area contributed by atoms with Crippen LogP contribution in [0, 0.1) is 11.3 Å². The lowest BCUT2D eigenvalue weighted by atomic mass is 9.85. The van der Waals surface area contributed by atoms with Crippen molar-refractivity contribution in [3.63, 3.8) is 0 Å². The van der Waals surface area contributed by atoms with Crippen LogP contribution >= 0.6 is 0 Å². The first-order valence-corrected chi connectivity index (χ1v) is 19.6. The molecule has 8 nitrogen and oxygen atoms in total. The summed E-state index contributed by atoms with van der Waals surface area (Å²) in [5, 5.41) is 6.13. The summed E-state index contributed by atoms with van der Waals surface area (Å²) in [5.41, 5.74) is -0.476. The van der Waals surface area contributed by atoms with Gasteiger partial charge in [0.1, 0.15) is 12.2 Å². The number of esters is 1. The highest BCUT2D eigenvalue weighted by molar-refractivity contribution is 5.82. The number of carbonyl (C=O) groups excluding carboxylic acids is 3. The molecule has 2 rings (SSSR count). The van der Waals surface area contributed by atoms with E-state index >= 15 is 0 Å². The molecule has 4 atom stereocenters. The Labute approximate surface area is 288 Å². The van der Waals surface area contributed by atoms with Crippen LogP contribution in [0.1, 0.15) is 183 Å². The topological polar surface area (TPSA) is 103 Å². The van der Waals surface area contributed by atoms with E-state index in [9.17, 15) is 14.4 Å². The van der Waals surface area contributed by atoms with Gasteiger partial charge in [-0.15, -0.1) is 0 Å². The van der Waals surface area contributed by atoms with Crippen molar-refractivity contribution in [1.82, 2.24) is 10.6 Å². The summed E-state index contributed by atoms with van der Waals surface area (Å²) in [6.07, 6.45) is 24.1. The molecule has 8 heteroatoms. The summed E-state index contributed by atoms with van der Waals surface area (Å²) in [4.78, 5) is 39.1. The molecule has 1 aliphatic carbocycles. The number of ether oxygens (including phenoxy) is 3. The Morgan fingerprint density at radius 3 is 1.94 bits per heavy atom. The molecule has 2 aliphatic rings. The van der Waals surface area contributed by atoms with E-state index in [1.165, 1.54) is 83.5 Å². The zero-order valence-electron chi connectivity index (χ0n) is 31.2. The predicted octanol–water partition coefficient (Wildman–Crippen LogP) is 8.93. The Kier molecular flexibility index (Phi) is 20.2. The highest BCUT2D eigenvalue weighted by Gasteiger charge is 2.45. The van der Waals surface area contributed by atoms with Gasteiger partial charge in [-0.25, -0.2) is 0 Å². The molecular formula is C39H72N2O6. The number of nitrogens with one attached hydrogen (secondary N) is 2. The Bertz CT molecular complexity index is 891. The van der Waals surface area contributed by atoms with Gasteiger partial charge in [0.05, 0.1) is 19.1 Å². The van der Waals surface area contributed by atoms with Gasteiger partial charge in [0, 0.05) is 17.9 Å². The van der Waals surface area contributed by atoms with E-state index < -0.39 is 17.3 Å². The van der Waals surface area contributed by atoms with Crippen LogP contribution in [0.15, 0.2) is 0 Å². The largest absolute Gasteiger partial charge is 0.460 e. The molecule has 2 unspecified atom stereocenters. The lowest BCUT2D eigenvalue weighted by Gasteiger charge is -2.44. The molecule has 0 radical (unpaired) electrons. The quantitative estimate of drug-likeness (QED) is 0.0789. The number of hydrogen-bond acceptors (Lipinski definition) is 6. The second-order valence-electron chi connectivity index (χ2n) is 15.5. The lowest BCUT2D eigenvalue weighted by Crippen LogP contribution is -2.56. The molecule has 1 aliphatic heterocycles. The van der Waals surface area contributed by atoms with Crippen molar-refractivity contribution in [2.45, 2.75) is 207 Å². The smallest absolute Gasteiger partial charge is 0.307 e. The molecule has 2 fully saturated rings. The minimum absolute atomic E-state index is 0.0208.